The average Bonchev–Trinajstić information content (AvgIpc) is 3.07. The third-order valence-electron chi connectivity index (χ3n) is 2.62. The third kappa shape index (κ3) is 2.53. The van der Waals surface area contributed by atoms with E-state index in [1.807, 2.05) is 6.07 Å². The van der Waals surface area contributed by atoms with Gasteiger partial charge in [-0.15, -0.1) is 11.3 Å². The molecule has 7 heteroatoms. The Balaban J connectivity index is 1.79. The van der Waals surface area contributed by atoms with Crippen molar-refractivity contribution in [2.45, 2.75) is 10.8 Å². The number of aromatic nitrogens is 1. The number of thiophene rings is 1. The van der Waals surface area contributed by atoms with Crippen LogP contribution in [-0.2, 0) is 16.6 Å². The lowest BCUT2D eigenvalue weighted by molar-refractivity contribution is 0.583. The highest BCUT2D eigenvalue weighted by molar-refractivity contribution is 7.91. The second-order valence-electron chi connectivity index (χ2n) is 3.91. The lowest BCUT2D eigenvalue weighted by Crippen LogP contribution is -2.22. The molecule has 0 spiro atoms. The third-order valence-corrected chi connectivity index (χ3v) is 5.42. The van der Waals surface area contributed by atoms with E-state index in [-0.39, 0.29) is 6.54 Å². The van der Waals surface area contributed by atoms with Crippen molar-refractivity contribution >= 4 is 32.5 Å². The highest BCUT2D eigenvalue weighted by Gasteiger charge is 2.14. The van der Waals surface area contributed by atoms with Gasteiger partial charge in [-0.05, 0) is 29.1 Å². The predicted octanol–water partition coefficient (Wildman–Crippen LogP) is 2.37. The fourth-order valence-electron chi connectivity index (χ4n) is 1.68. The van der Waals surface area contributed by atoms with E-state index >= 15 is 0 Å². The molecule has 0 radical (unpaired) electrons. The van der Waals surface area contributed by atoms with Crippen molar-refractivity contribution in [3.05, 3.63) is 47.7 Å². The molecular formula is C12H10N2O3S2. The van der Waals surface area contributed by atoms with Crippen LogP contribution >= 0.6 is 11.3 Å². The smallest absolute Gasteiger partial charge is 0.250 e. The topological polar surface area (TPSA) is 72.2 Å². The van der Waals surface area contributed by atoms with E-state index in [0.717, 1.165) is 11.1 Å². The van der Waals surface area contributed by atoms with Gasteiger partial charge < -0.3 is 4.42 Å². The van der Waals surface area contributed by atoms with Crippen LogP contribution in [0.5, 0.6) is 0 Å². The van der Waals surface area contributed by atoms with Gasteiger partial charge in [0.1, 0.15) is 9.73 Å². The van der Waals surface area contributed by atoms with E-state index < -0.39 is 10.0 Å². The van der Waals surface area contributed by atoms with Crippen LogP contribution in [-0.4, -0.2) is 13.4 Å². The van der Waals surface area contributed by atoms with Crippen molar-refractivity contribution in [3.63, 3.8) is 0 Å². The number of fused-ring (bicyclic) bond motifs is 1. The van der Waals surface area contributed by atoms with E-state index in [1.54, 1.807) is 29.6 Å². The van der Waals surface area contributed by atoms with Crippen LogP contribution < -0.4 is 4.72 Å². The first kappa shape index (κ1) is 12.3. The monoisotopic (exact) mass is 294 g/mol. The Morgan fingerprint density at radius 3 is 3.00 bits per heavy atom. The summed E-state index contributed by atoms with van der Waals surface area (Å²) in [5, 5.41) is 1.73. The number of nitrogens with zero attached hydrogens (tertiary/aromatic N) is 1. The summed E-state index contributed by atoms with van der Waals surface area (Å²) in [7, 11) is -3.43. The van der Waals surface area contributed by atoms with Gasteiger partial charge in [0.05, 0.1) is 0 Å². The van der Waals surface area contributed by atoms with Gasteiger partial charge in [-0.2, -0.15) is 0 Å². The van der Waals surface area contributed by atoms with E-state index in [2.05, 4.69) is 9.71 Å². The number of hydrogen-bond acceptors (Lipinski definition) is 5. The Kier molecular flexibility index (Phi) is 3.09. The van der Waals surface area contributed by atoms with Gasteiger partial charge in [0.25, 0.3) is 0 Å². The minimum absolute atomic E-state index is 0.219. The molecule has 0 saturated carbocycles. The molecule has 0 saturated heterocycles. The number of benzene rings is 1. The highest BCUT2D eigenvalue weighted by atomic mass is 32.2. The lowest BCUT2D eigenvalue weighted by atomic mass is 10.2. The van der Waals surface area contributed by atoms with Crippen molar-refractivity contribution in [2.75, 3.05) is 0 Å². The van der Waals surface area contributed by atoms with Crippen LogP contribution in [0.2, 0.25) is 0 Å². The molecule has 2 heterocycles. The highest BCUT2D eigenvalue weighted by Crippen LogP contribution is 2.17. The second-order valence-corrected chi connectivity index (χ2v) is 6.85. The zero-order valence-electron chi connectivity index (χ0n) is 9.74. The largest absolute Gasteiger partial charge is 0.443 e. The Hall–Kier alpha value is -1.70. The summed E-state index contributed by atoms with van der Waals surface area (Å²) in [5.74, 6) is 0. The maximum Gasteiger partial charge on any atom is 0.250 e. The van der Waals surface area contributed by atoms with Crippen molar-refractivity contribution in [3.8, 4) is 0 Å². The van der Waals surface area contributed by atoms with Crippen molar-refractivity contribution in [2.24, 2.45) is 0 Å². The molecule has 0 aliphatic carbocycles. The maximum atomic E-state index is 11.9. The van der Waals surface area contributed by atoms with Gasteiger partial charge in [0.2, 0.25) is 10.0 Å². The normalized spacial score (nSPS) is 12.0. The van der Waals surface area contributed by atoms with Crippen molar-refractivity contribution in [1.29, 1.82) is 0 Å². The Morgan fingerprint density at radius 2 is 2.21 bits per heavy atom. The molecule has 0 amide bonds. The predicted molar refractivity (Wildman–Crippen MR) is 72.4 cm³/mol. The van der Waals surface area contributed by atoms with Crippen LogP contribution in [0.25, 0.3) is 11.1 Å². The molecule has 1 aromatic carbocycles. The molecule has 19 heavy (non-hydrogen) atoms. The summed E-state index contributed by atoms with van der Waals surface area (Å²) in [6, 6.07) is 8.68. The molecule has 0 aliphatic heterocycles. The summed E-state index contributed by atoms with van der Waals surface area (Å²) in [6.45, 7) is 0.219. The molecule has 2 aromatic heterocycles. The minimum atomic E-state index is -3.43. The summed E-state index contributed by atoms with van der Waals surface area (Å²) in [6.07, 6.45) is 1.37. The summed E-state index contributed by atoms with van der Waals surface area (Å²) < 4.78 is 31.9. The summed E-state index contributed by atoms with van der Waals surface area (Å²) in [4.78, 5) is 4.01. The van der Waals surface area contributed by atoms with Crippen LogP contribution in [0.3, 0.4) is 0 Å². The van der Waals surface area contributed by atoms with Gasteiger partial charge in [0, 0.05) is 6.54 Å². The lowest BCUT2D eigenvalue weighted by Gasteiger charge is -2.04. The first-order chi connectivity index (χ1) is 9.15. The van der Waals surface area contributed by atoms with Crippen LogP contribution in [0.1, 0.15) is 5.56 Å². The van der Waals surface area contributed by atoms with E-state index in [4.69, 9.17) is 4.42 Å². The molecule has 0 atom stereocenters. The van der Waals surface area contributed by atoms with Crippen molar-refractivity contribution in [1.82, 2.24) is 9.71 Å². The van der Waals surface area contributed by atoms with Gasteiger partial charge in [0.15, 0.2) is 12.0 Å². The van der Waals surface area contributed by atoms with Gasteiger partial charge in [-0.1, -0.05) is 12.1 Å². The number of nitrogens with one attached hydrogen (secondary N) is 1. The molecular weight excluding hydrogens is 284 g/mol. The SMILES string of the molecule is O=S(=O)(NCc1ccc2ncoc2c1)c1cccs1. The minimum Gasteiger partial charge on any atom is -0.443 e. The fraction of sp³-hybridized carbons (Fsp3) is 0.0833. The molecule has 0 fully saturated rings. The van der Waals surface area contributed by atoms with Gasteiger partial charge >= 0.3 is 0 Å². The standard InChI is InChI=1S/C12H10N2O3S2/c15-19(16,12-2-1-5-18-12)14-7-9-3-4-10-11(6-9)17-8-13-10/h1-6,8,14H,7H2. The number of oxazole rings is 1. The molecule has 3 rings (SSSR count). The van der Waals surface area contributed by atoms with Crippen LogP contribution in [0, 0.1) is 0 Å². The quantitative estimate of drug-likeness (QED) is 0.802. The molecule has 0 bridgehead atoms. The Labute approximate surface area is 114 Å². The summed E-state index contributed by atoms with van der Waals surface area (Å²) >= 11 is 1.19. The number of hydrogen-bond donors (Lipinski definition) is 1. The van der Waals surface area contributed by atoms with Crippen molar-refractivity contribution < 1.29 is 12.8 Å². The molecule has 3 aromatic rings. The zero-order chi connectivity index (χ0) is 13.3. The summed E-state index contributed by atoms with van der Waals surface area (Å²) in [5.41, 5.74) is 2.22. The maximum absolute atomic E-state index is 11.9. The first-order valence-electron chi connectivity index (χ1n) is 5.50. The van der Waals surface area contributed by atoms with E-state index in [9.17, 15) is 8.42 Å². The van der Waals surface area contributed by atoms with Crippen LogP contribution in [0.4, 0.5) is 0 Å². The average molecular weight is 294 g/mol. The van der Waals surface area contributed by atoms with Crippen LogP contribution in [0.15, 0.2) is 50.7 Å². The molecule has 98 valence electrons. The van der Waals surface area contributed by atoms with E-state index in [0.29, 0.717) is 9.79 Å². The van der Waals surface area contributed by atoms with E-state index in [1.165, 1.54) is 17.7 Å². The zero-order valence-corrected chi connectivity index (χ0v) is 11.4. The number of rotatable bonds is 4. The molecule has 1 N–H and O–H groups in total. The molecule has 0 aliphatic rings. The fourth-order valence-corrected chi connectivity index (χ4v) is 3.73. The molecule has 5 nitrogen and oxygen atoms in total. The Bertz CT molecular complexity index is 791. The number of sulfonamides is 1. The second kappa shape index (κ2) is 4.76. The van der Waals surface area contributed by atoms with Gasteiger partial charge in [-0.25, -0.2) is 18.1 Å². The molecule has 0 unspecified atom stereocenters. The Morgan fingerprint density at radius 1 is 1.32 bits per heavy atom. The first-order valence-corrected chi connectivity index (χ1v) is 7.87. The van der Waals surface area contributed by atoms with Gasteiger partial charge in [-0.3, -0.25) is 0 Å².